The van der Waals surface area contributed by atoms with E-state index in [1.807, 2.05) is 0 Å². The number of hydrogen-bond donors (Lipinski definition) is 1. The van der Waals surface area contributed by atoms with Crippen LogP contribution in [0.5, 0.6) is 0 Å². The molecule has 0 radical (unpaired) electrons. The van der Waals surface area contributed by atoms with Crippen LogP contribution in [-0.2, 0) is 0 Å². The largest absolute Gasteiger partial charge is 0.477 e. The summed E-state index contributed by atoms with van der Waals surface area (Å²) in [6.07, 6.45) is 0. The minimum Gasteiger partial charge on any atom is -0.477 e. The van der Waals surface area contributed by atoms with Gasteiger partial charge in [0.1, 0.15) is 17.0 Å². The summed E-state index contributed by atoms with van der Waals surface area (Å²) >= 11 is 0. The zero-order chi connectivity index (χ0) is 11.0. The minimum absolute atomic E-state index is 0.106. The molecule has 0 saturated carbocycles. The second kappa shape index (κ2) is 3.31. The molecule has 0 spiro atoms. The predicted octanol–water partition coefficient (Wildman–Crippen LogP) is 2.38. The number of aryl methyl sites for hydroxylation is 1. The van der Waals surface area contributed by atoms with E-state index in [4.69, 9.17) is 5.11 Å². The van der Waals surface area contributed by atoms with Crippen LogP contribution in [0.15, 0.2) is 24.3 Å². The number of aromatic carboxylic acids is 1. The SMILES string of the molecule is Cc1cc(C(=O)O)nc2c(F)cccc12. The summed E-state index contributed by atoms with van der Waals surface area (Å²) in [6, 6.07) is 5.99. The van der Waals surface area contributed by atoms with Gasteiger partial charge in [-0.25, -0.2) is 14.2 Å². The molecular formula is C11H8FNO2. The van der Waals surface area contributed by atoms with Crippen LogP contribution >= 0.6 is 0 Å². The number of fused-ring (bicyclic) bond motifs is 1. The third kappa shape index (κ3) is 1.54. The third-order valence-electron chi connectivity index (χ3n) is 2.22. The molecule has 1 aromatic carbocycles. The highest BCUT2D eigenvalue weighted by molar-refractivity contribution is 5.91. The number of hydrogen-bond acceptors (Lipinski definition) is 2. The molecule has 0 amide bonds. The standard InChI is InChI=1S/C11H8FNO2/c1-6-5-9(11(14)15)13-10-7(6)3-2-4-8(10)12/h2-5H,1H3,(H,14,15). The summed E-state index contributed by atoms with van der Waals surface area (Å²) in [5.74, 6) is -1.65. The van der Waals surface area contributed by atoms with Crippen LogP contribution in [0.1, 0.15) is 16.1 Å². The molecule has 15 heavy (non-hydrogen) atoms. The highest BCUT2D eigenvalue weighted by Crippen LogP contribution is 2.20. The van der Waals surface area contributed by atoms with Crippen molar-refractivity contribution in [3.05, 3.63) is 41.3 Å². The molecule has 2 rings (SSSR count). The number of halogens is 1. The van der Waals surface area contributed by atoms with Crippen LogP contribution in [0.2, 0.25) is 0 Å². The molecular weight excluding hydrogens is 197 g/mol. The zero-order valence-corrected chi connectivity index (χ0v) is 7.99. The summed E-state index contributed by atoms with van der Waals surface area (Å²) in [7, 11) is 0. The molecule has 0 aliphatic heterocycles. The van der Waals surface area contributed by atoms with E-state index >= 15 is 0 Å². The summed E-state index contributed by atoms with van der Waals surface area (Å²) in [5.41, 5.74) is 0.678. The van der Waals surface area contributed by atoms with E-state index in [1.165, 1.54) is 12.1 Å². The Hall–Kier alpha value is -1.97. The lowest BCUT2D eigenvalue weighted by Crippen LogP contribution is -2.02. The maximum atomic E-state index is 13.4. The summed E-state index contributed by atoms with van der Waals surface area (Å²) in [4.78, 5) is 14.5. The summed E-state index contributed by atoms with van der Waals surface area (Å²) < 4.78 is 13.4. The number of benzene rings is 1. The second-order valence-corrected chi connectivity index (χ2v) is 3.27. The maximum absolute atomic E-state index is 13.4. The van der Waals surface area contributed by atoms with Crippen molar-refractivity contribution in [1.82, 2.24) is 4.98 Å². The number of para-hydroxylation sites is 1. The van der Waals surface area contributed by atoms with Crippen LogP contribution < -0.4 is 0 Å². The fraction of sp³-hybridized carbons (Fsp3) is 0.0909. The molecule has 0 aliphatic rings. The minimum atomic E-state index is -1.15. The van der Waals surface area contributed by atoms with E-state index < -0.39 is 11.8 Å². The number of aromatic nitrogens is 1. The van der Waals surface area contributed by atoms with E-state index in [-0.39, 0.29) is 11.2 Å². The van der Waals surface area contributed by atoms with E-state index in [2.05, 4.69) is 4.98 Å². The van der Waals surface area contributed by atoms with E-state index in [0.717, 1.165) is 0 Å². The first kappa shape index (κ1) is 9.58. The molecule has 1 N–H and O–H groups in total. The van der Waals surface area contributed by atoms with Crippen LogP contribution in [0.3, 0.4) is 0 Å². The first-order valence-electron chi connectivity index (χ1n) is 4.39. The van der Waals surface area contributed by atoms with Crippen molar-refractivity contribution in [3.8, 4) is 0 Å². The number of nitrogens with zero attached hydrogens (tertiary/aromatic N) is 1. The highest BCUT2D eigenvalue weighted by Gasteiger charge is 2.10. The Kier molecular flexibility index (Phi) is 2.11. The van der Waals surface area contributed by atoms with Crippen LogP contribution in [0.4, 0.5) is 4.39 Å². The zero-order valence-electron chi connectivity index (χ0n) is 7.99. The van der Waals surface area contributed by atoms with Gasteiger partial charge in [-0.1, -0.05) is 12.1 Å². The smallest absolute Gasteiger partial charge is 0.354 e. The van der Waals surface area contributed by atoms with Gasteiger partial charge in [-0.3, -0.25) is 0 Å². The summed E-state index contributed by atoms with van der Waals surface area (Å²) in [6.45, 7) is 1.73. The molecule has 0 bridgehead atoms. The number of rotatable bonds is 1. The molecule has 76 valence electrons. The predicted molar refractivity (Wildman–Crippen MR) is 53.4 cm³/mol. The van der Waals surface area contributed by atoms with Gasteiger partial charge in [-0.2, -0.15) is 0 Å². The highest BCUT2D eigenvalue weighted by atomic mass is 19.1. The number of carboxylic acid groups (broad SMARTS) is 1. The van der Waals surface area contributed by atoms with Crippen molar-refractivity contribution in [2.45, 2.75) is 6.92 Å². The lowest BCUT2D eigenvalue weighted by molar-refractivity contribution is 0.0691. The van der Waals surface area contributed by atoms with Crippen molar-refractivity contribution in [1.29, 1.82) is 0 Å². The second-order valence-electron chi connectivity index (χ2n) is 3.27. The van der Waals surface area contributed by atoms with Crippen LogP contribution in [0, 0.1) is 12.7 Å². The third-order valence-corrected chi connectivity index (χ3v) is 2.22. The molecule has 2 aromatic rings. The van der Waals surface area contributed by atoms with Crippen molar-refractivity contribution in [3.63, 3.8) is 0 Å². The lowest BCUT2D eigenvalue weighted by Gasteiger charge is -2.03. The summed E-state index contributed by atoms with van der Waals surface area (Å²) in [5, 5.41) is 9.41. The normalized spacial score (nSPS) is 10.5. The van der Waals surface area contributed by atoms with Gasteiger partial charge in [0.25, 0.3) is 0 Å². The monoisotopic (exact) mass is 205 g/mol. The van der Waals surface area contributed by atoms with Gasteiger partial charge in [0, 0.05) is 5.39 Å². The Labute approximate surface area is 85.2 Å². The van der Waals surface area contributed by atoms with E-state index in [1.54, 1.807) is 19.1 Å². The van der Waals surface area contributed by atoms with Gasteiger partial charge in [-0.15, -0.1) is 0 Å². The van der Waals surface area contributed by atoms with Crippen LogP contribution in [0.25, 0.3) is 10.9 Å². The first-order valence-corrected chi connectivity index (χ1v) is 4.39. The molecule has 0 aliphatic carbocycles. The molecule has 0 fully saturated rings. The van der Waals surface area contributed by atoms with E-state index in [0.29, 0.717) is 10.9 Å². The van der Waals surface area contributed by atoms with E-state index in [9.17, 15) is 9.18 Å². The van der Waals surface area contributed by atoms with Gasteiger partial charge >= 0.3 is 5.97 Å². The molecule has 1 heterocycles. The van der Waals surface area contributed by atoms with Crippen LogP contribution in [-0.4, -0.2) is 16.1 Å². The Morgan fingerprint density at radius 3 is 2.87 bits per heavy atom. The Bertz CT molecular complexity index is 552. The van der Waals surface area contributed by atoms with Crippen molar-refractivity contribution < 1.29 is 14.3 Å². The van der Waals surface area contributed by atoms with Gasteiger partial charge in [0.15, 0.2) is 0 Å². The quantitative estimate of drug-likeness (QED) is 0.777. The number of carbonyl (C=O) groups is 1. The average Bonchev–Trinajstić information content (AvgIpc) is 2.19. The number of pyridine rings is 1. The fourth-order valence-corrected chi connectivity index (χ4v) is 1.49. The van der Waals surface area contributed by atoms with Gasteiger partial charge in [-0.05, 0) is 24.6 Å². The van der Waals surface area contributed by atoms with Crippen molar-refractivity contribution in [2.75, 3.05) is 0 Å². The topological polar surface area (TPSA) is 50.2 Å². The molecule has 1 aromatic heterocycles. The molecule has 0 saturated heterocycles. The Morgan fingerprint density at radius 1 is 1.47 bits per heavy atom. The Morgan fingerprint density at radius 2 is 2.20 bits per heavy atom. The number of carboxylic acids is 1. The fourth-order valence-electron chi connectivity index (χ4n) is 1.49. The molecule has 0 unspecified atom stereocenters. The lowest BCUT2D eigenvalue weighted by atomic mass is 10.1. The Balaban J connectivity index is 2.85. The molecule has 4 heteroatoms. The molecule has 0 atom stereocenters. The maximum Gasteiger partial charge on any atom is 0.354 e. The molecule has 3 nitrogen and oxygen atoms in total. The van der Waals surface area contributed by atoms with Gasteiger partial charge in [0.2, 0.25) is 0 Å². The van der Waals surface area contributed by atoms with Gasteiger partial charge < -0.3 is 5.11 Å². The average molecular weight is 205 g/mol. The van der Waals surface area contributed by atoms with Crippen molar-refractivity contribution in [2.24, 2.45) is 0 Å². The van der Waals surface area contributed by atoms with Gasteiger partial charge in [0.05, 0.1) is 0 Å². The first-order chi connectivity index (χ1) is 7.09. The van der Waals surface area contributed by atoms with Crippen molar-refractivity contribution >= 4 is 16.9 Å².